The predicted octanol–water partition coefficient (Wildman–Crippen LogP) is 2.55. The average Bonchev–Trinajstić information content (AvgIpc) is 2.64. The van der Waals surface area contributed by atoms with Gasteiger partial charge in [-0.05, 0) is 25.1 Å². The van der Waals surface area contributed by atoms with Gasteiger partial charge < -0.3 is 5.32 Å². The van der Waals surface area contributed by atoms with Crippen LogP contribution in [0.5, 0.6) is 0 Å². The fraction of sp³-hybridized carbons (Fsp3) is 0.200. The first-order chi connectivity index (χ1) is 7.16. The molecule has 0 spiro atoms. The fourth-order valence-corrected chi connectivity index (χ4v) is 1.96. The molecule has 1 aromatic heterocycles. The summed E-state index contributed by atoms with van der Waals surface area (Å²) in [6.45, 7) is 1.74. The number of carbonyl (C=O) groups is 1. The second-order valence-corrected chi connectivity index (χ2v) is 4.86. The van der Waals surface area contributed by atoms with E-state index in [9.17, 15) is 4.79 Å². The molecule has 2 aromatic rings. The van der Waals surface area contributed by atoms with E-state index in [0.717, 1.165) is 15.9 Å². The maximum Gasteiger partial charge on any atom is 0.236 e. The minimum absolute atomic E-state index is 0.0952. The number of aromatic nitrogens is 1. The lowest BCUT2D eigenvalue weighted by atomic mass is 10.3. The SMILES string of the molecule is CC(S)C(=O)Nc1ccc2ncsc2c1. The van der Waals surface area contributed by atoms with Gasteiger partial charge in [0.15, 0.2) is 0 Å². The van der Waals surface area contributed by atoms with Gasteiger partial charge >= 0.3 is 0 Å². The zero-order valence-electron chi connectivity index (χ0n) is 8.10. The molecule has 1 heterocycles. The van der Waals surface area contributed by atoms with Crippen molar-refractivity contribution in [3.8, 4) is 0 Å². The van der Waals surface area contributed by atoms with Crippen LogP contribution in [-0.2, 0) is 4.79 Å². The van der Waals surface area contributed by atoms with E-state index in [1.54, 1.807) is 23.8 Å². The molecule has 1 atom stereocenters. The average molecular weight is 238 g/mol. The molecule has 0 saturated carbocycles. The molecular weight excluding hydrogens is 228 g/mol. The molecule has 2 rings (SSSR count). The van der Waals surface area contributed by atoms with E-state index in [2.05, 4.69) is 22.9 Å². The predicted molar refractivity (Wildman–Crippen MR) is 66.7 cm³/mol. The molecule has 0 saturated heterocycles. The third-order valence-corrected chi connectivity index (χ3v) is 3.00. The third-order valence-electron chi connectivity index (χ3n) is 1.98. The summed E-state index contributed by atoms with van der Waals surface area (Å²) in [7, 11) is 0. The Balaban J connectivity index is 2.25. The molecule has 15 heavy (non-hydrogen) atoms. The Bertz CT molecular complexity index is 493. The van der Waals surface area contributed by atoms with Crippen LogP contribution in [0.25, 0.3) is 10.2 Å². The van der Waals surface area contributed by atoms with Crippen LogP contribution < -0.4 is 5.32 Å². The monoisotopic (exact) mass is 238 g/mol. The quantitative estimate of drug-likeness (QED) is 0.790. The van der Waals surface area contributed by atoms with Crippen molar-refractivity contribution in [3.63, 3.8) is 0 Å². The number of nitrogens with zero attached hydrogens (tertiary/aromatic N) is 1. The fourth-order valence-electron chi connectivity index (χ4n) is 1.18. The summed E-state index contributed by atoms with van der Waals surface area (Å²) >= 11 is 5.62. The number of carbonyl (C=O) groups excluding carboxylic acids is 1. The van der Waals surface area contributed by atoms with E-state index in [1.165, 1.54) is 0 Å². The third kappa shape index (κ3) is 2.30. The summed E-state index contributed by atoms with van der Waals surface area (Å²) in [5, 5.41) is 2.48. The summed E-state index contributed by atoms with van der Waals surface area (Å²) in [6, 6.07) is 5.65. The Labute approximate surface area is 96.9 Å². The Morgan fingerprint density at radius 3 is 3.13 bits per heavy atom. The molecule has 0 radical (unpaired) electrons. The smallest absolute Gasteiger partial charge is 0.236 e. The van der Waals surface area contributed by atoms with Gasteiger partial charge in [-0.15, -0.1) is 11.3 Å². The molecule has 78 valence electrons. The van der Waals surface area contributed by atoms with Gasteiger partial charge in [0.05, 0.1) is 21.0 Å². The van der Waals surface area contributed by atoms with Crippen molar-refractivity contribution in [1.29, 1.82) is 0 Å². The van der Waals surface area contributed by atoms with E-state index in [0.29, 0.717) is 0 Å². The van der Waals surface area contributed by atoms with Gasteiger partial charge in [0.25, 0.3) is 0 Å². The van der Waals surface area contributed by atoms with Crippen molar-refractivity contribution >= 4 is 45.8 Å². The number of hydrogen-bond acceptors (Lipinski definition) is 4. The number of nitrogens with one attached hydrogen (secondary N) is 1. The molecule has 5 heteroatoms. The van der Waals surface area contributed by atoms with Gasteiger partial charge in [-0.25, -0.2) is 4.98 Å². The molecule has 1 amide bonds. The molecule has 3 nitrogen and oxygen atoms in total. The first kappa shape index (κ1) is 10.4. The zero-order chi connectivity index (χ0) is 10.8. The zero-order valence-corrected chi connectivity index (χ0v) is 9.81. The minimum atomic E-state index is -0.304. The van der Waals surface area contributed by atoms with Crippen LogP contribution in [0, 0.1) is 0 Å². The molecule has 0 aliphatic carbocycles. The number of rotatable bonds is 2. The molecular formula is C10H10N2OS2. The Morgan fingerprint density at radius 1 is 1.60 bits per heavy atom. The number of thiol groups is 1. The molecule has 0 bridgehead atoms. The summed E-state index contributed by atoms with van der Waals surface area (Å²) in [4.78, 5) is 15.6. The minimum Gasteiger partial charge on any atom is -0.325 e. The highest BCUT2D eigenvalue weighted by Gasteiger charge is 2.08. The Kier molecular flexibility index (Phi) is 2.93. The van der Waals surface area contributed by atoms with Gasteiger partial charge in [0.1, 0.15) is 0 Å². The van der Waals surface area contributed by atoms with Gasteiger partial charge in [0.2, 0.25) is 5.91 Å². The standard InChI is InChI=1S/C10H10N2OS2/c1-6(14)10(13)12-7-2-3-8-9(4-7)15-5-11-8/h2-6,14H,1H3,(H,12,13). The number of thiazole rings is 1. The first-order valence-corrected chi connectivity index (χ1v) is 5.88. The van der Waals surface area contributed by atoms with Crippen molar-refractivity contribution in [1.82, 2.24) is 4.98 Å². The highest BCUT2D eigenvalue weighted by atomic mass is 32.1. The van der Waals surface area contributed by atoms with Crippen LogP contribution >= 0.6 is 24.0 Å². The lowest BCUT2D eigenvalue weighted by Gasteiger charge is -2.06. The molecule has 1 unspecified atom stereocenters. The van der Waals surface area contributed by atoms with Crippen LogP contribution in [0.15, 0.2) is 23.7 Å². The number of hydrogen-bond donors (Lipinski definition) is 2. The lowest BCUT2D eigenvalue weighted by Crippen LogP contribution is -2.20. The largest absolute Gasteiger partial charge is 0.325 e. The van der Waals surface area contributed by atoms with E-state index >= 15 is 0 Å². The number of fused-ring (bicyclic) bond motifs is 1. The van der Waals surface area contributed by atoms with Gasteiger partial charge in [-0.2, -0.15) is 12.6 Å². The summed E-state index contributed by atoms with van der Waals surface area (Å²) in [6.07, 6.45) is 0. The van der Waals surface area contributed by atoms with Crippen LogP contribution in [0.1, 0.15) is 6.92 Å². The van der Waals surface area contributed by atoms with E-state index in [4.69, 9.17) is 0 Å². The van der Waals surface area contributed by atoms with Gasteiger partial charge in [-0.3, -0.25) is 4.79 Å². The Hall–Kier alpha value is -1.07. The lowest BCUT2D eigenvalue weighted by molar-refractivity contribution is -0.115. The summed E-state index contributed by atoms with van der Waals surface area (Å²) < 4.78 is 1.07. The molecule has 0 aliphatic rings. The molecule has 0 aliphatic heterocycles. The van der Waals surface area contributed by atoms with Crippen molar-refractivity contribution in [2.75, 3.05) is 5.32 Å². The second kappa shape index (κ2) is 4.20. The maximum atomic E-state index is 11.4. The van der Waals surface area contributed by atoms with Crippen LogP contribution in [0.2, 0.25) is 0 Å². The number of benzene rings is 1. The van der Waals surface area contributed by atoms with Crippen LogP contribution in [0.4, 0.5) is 5.69 Å². The van der Waals surface area contributed by atoms with Crippen LogP contribution in [-0.4, -0.2) is 16.1 Å². The molecule has 0 fully saturated rings. The van der Waals surface area contributed by atoms with Crippen LogP contribution in [0.3, 0.4) is 0 Å². The van der Waals surface area contributed by atoms with Gasteiger partial charge in [-0.1, -0.05) is 0 Å². The van der Waals surface area contributed by atoms with Gasteiger partial charge in [0, 0.05) is 5.69 Å². The first-order valence-electron chi connectivity index (χ1n) is 4.49. The highest BCUT2D eigenvalue weighted by molar-refractivity contribution is 7.81. The van der Waals surface area contributed by atoms with Crippen molar-refractivity contribution in [3.05, 3.63) is 23.7 Å². The maximum absolute atomic E-state index is 11.4. The second-order valence-electron chi connectivity index (χ2n) is 3.20. The number of anilines is 1. The number of amides is 1. The van der Waals surface area contributed by atoms with E-state index < -0.39 is 0 Å². The molecule has 1 aromatic carbocycles. The topological polar surface area (TPSA) is 42.0 Å². The van der Waals surface area contributed by atoms with Crippen molar-refractivity contribution in [2.45, 2.75) is 12.2 Å². The Morgan fingerprint density at radius 2 is 2.40 bits per heavy atom. The summed E-state index contributed by atoms with van der Waals surface area (Å²) in [5.41, 5.74) is 3.53. The summed E-state index contributed by atoms with van der Waals surface area (Å²) in [5.74, 6) is -0.0952. The van der Waals surface area contributed by atoms with Crippen molar-refractivity contribution in [2.24, 2.45) is 0 Å². The highest BCUT2D eigenvalue weighted by Crippen LogP contribution is 2.21. The van der Waals surface area contributed by atoms with E-state index in [1.807, 2.05) is 18.2 Å². The molecule has 1 N–H and O–H groups in total. The van der Waals surface area contributed by atoms with Crippen molar-refractivity contribution < 1.29 is 4.79 Å². The normalized spacial score (nSPS) is 12.7. The van der Waals surface area contributed by atoms with E-state index in [-0.39, 0.29) is 11.2 Å².